The van der Waals surface area contributed by atoms with Gasteiger partial charge in [-0.25, -0.2) is 4.98 Å². The van der Waals surface area contributed by atoms with Crippen molar-refractivity contribution < 1.29 is 0 Å². The van der Waals surface area contributed by atoms with Crippen LogP contribution in [0.5, 0.6) is 0 Å². The van der Waals surface area contributed by atoms with E-state index in [1.54, 1.807) is 0 Å². The molecule has 3 nitrogen and oxygen atoms in total. The van der Waals surface area contributed by atoms with Crippen LogP contribution in [-0.2, 0) is 6.54 Å². The van der Waals surface area contributed by atoms with E-state index in [0.717, 1.165) is 33.4 Å². The van der Waals surface area contributed by atoms with Crippen molar-refractivity contribution in [2.24, 2.45) is 0 Å². The highest BCUT2D eigenvalue weighted by molar-refractivity contribution is 9.11. The molecule has 0 bridgehead atoms. The number of rotatable bonds is 4. The van der Waals surface area contributed by atoms with Crippen LogP contribution in [0.25, 0.3) is 5.69 Å². The van der Waals surface area contributed by atoms with E-state index >= 15 is 0 Å². The standard InChI is InChI=1S/C12H13Br2N3/c1-2-15-6-10-7-17(8-16-10)12-4-3-9(13)5-11(12)14/h3-5,7-8,15H,2,6H2,1H3. The Hall–Kier alpha value is -0.650. The van der Waals surface area contributed by atoms with Crippen molar-refractivity contribution in [3.63, 3.8) is 0 Å². The maximum absolute atomic E-state index is 4.36. The normalized spacial score (nSPS) is 10.8. The summed E-state index contributed by atoms with van der Waals surface area (Å²) in [5.41, 5.74) is 2.13. The molecular weight excluding hydrogens is 346 g/mol. The Labute approximate surface area is 118 Å². The van der Waals surface area contributed by atoms with Crippen LogP contribution < -0.4 is 5.32 Å². The lowest BCUT2D eigenvalue weighted by Crippen LogP contribution is -2.11. The Morgan fingerprint density at radius 2 is 2.18 bits per heavy atom. The predicted octanol–water partition coefficient (Wildman–Crippen LogP) is 3.51. The van der Waals surface area contributed by atoms with Gasteiger partial charge >= 0.3 is 0 Å². The average molecular weight is 359 g/mol. The molecule has 2 aromatic rings. The molecule has 0 unspecified atom stereocenters. The van der Waals surface area contributed by atoms with Gasteiger partial charge in [0.15, 0.2) is 0 Å². The summed E-state index contributed by atoms with van der Waals surface area (Å²) in [5.74, 6) is 0. The second kappa shape index (κ2) is 5.80. The van der Waals surface area contributed by atoms with E-state index in [1.165, 1.54) is 0 Å². The fraction of sp³-hybridized carbons (Fsp3) is 0.250. The number of halogens is 2. The SMILES string of the molecule is CCNCc1cn(-c2ccc(Br)cc2Br)cn1. The molecule has 0 saturated heterocycles. The molecule has 17 heavy (non-hydrogen) atoms. The molecule has 0 spiro atoms. The predicted molar refractivity (Wildman–Crippen MR) is 76.3 cm³/mol. The molecule has 1 heterocycles. The molecule has 5 heteroatoms. The van der Waals surface area contributed by atoms with E-state index in [9.17, 15) is 0 Å². The molecule has 1 aromatic heterocycles. The zero-order valence-corrected chi connectivity index (χ0v) is 12.6. The molecule has 2 rings (SSSR count). The number of imidazole rings is 1. The summed E-state index contributed by atoms with van der Waals surface area (Å²) in [4.78, 5) is 4.36. The number of hydrogen-bond acceptors (Lipinski definition) is 2. The first-order valence-electron chi connectivity index (χ1n) is 5.39. The van der Waals surface area contributed by atoms with Gasteiger partial charge in [0.2, 0.25) is 0 Å². The van der Waals surface area contributed by atoms with E-state index in [2.05, 4.69) is 49.1 Å². The number of benzene rings is 1. The third kappa shape index (κ3) is 3.18. The summed E-state index contributed by atoms with van der Waals surface area (Å²) in [7, 11) is 0. The molecule has 0 fully saturated rings. The fourth-order valence-electron chi connectivity index (χ4n) is 1.53. The fourth-order valence-corrected chi connectivity index (χ4v) is 2.78. The first kappa shape index (κ1) is 12.8. The maximum Gasteiger partial charge on any atom is 0.0996 e. The van der Waals surface area contributed by atoms with Crippen LogP contribution in [0.1, 0.15) is 12.6 Å². The molecule has 1 aromatic carbocycles. The highest BCUT2D eigenvalue weighted by Gasteiger charge is 2.04. The van der Waals surface area contributed by atoms with Crippen LogP contribution >= 0.6 is 31.9 Å². The molecule has 0 atom stereocenters. The third-order valence-electron chi connectivity index (χ3n) is 2.38. The molecule has 0 radical (unpaired) electrons. The lowest BCUT2D eigenvalue weighted by molar-refractivity contribution is 0.713. The van der Waals surface area contributed by atoms with Gasteiger partial charge in [0.1, 0.15) is 0 Å². The monoisotopic (exact) mass is 357 g/mol. The Balaban J connectivity index is 2.24. The van der Waals surface area contributed by atoms with Crippen LogP contribution in [0.2, 0.25) is 0 Å². The quantitative estimate of drug-likeness (QED) is 0.906. The van der Waals surface area contributed by atoms with Crippen molar-refractivity contribution in [2.45, 2.75) is 13.5 Å². The Bertz CT molecular complexity index is 508. The highest BCUT2D eigenvalue weighted by atomic mass is 79.9. The van der Waals surface area contributed by atoms with Gasteiger partial charge in [-0.1, -0.05) is 22.9 Å². The Kier molecular flexibility index (Phi) is 4.36. The van der Waals surface area contributed by atoms with Crippen molar-refractivity contribution in [3.05, 3.63) is 45.4 Å². The first-order valence-corrected chi connectivity index (χ1v) is 6.98. The highest BCUT2D eigenvalue weighted by Crippen LogP contribution is 2.25. The molecule has 90 valence electrons. The van der Waals surface area contributed by atoms with Gasteiger partial charge in [0.25, 0.3) is 0 Å². The number of nitrogens with zero attached hydrogens (tertiary/aromatic N) is 2. The molecule has 0 saturated carbocycles. The Morgan fingerprint density at radius 3 is 2.88 bits per heavy atom. The van der Waals surface area contributed by atoms with Crippen molar-refractivity contribution >= 4 is 31.9 Å². The van der Waals surface area contributed by atoms with Crippen molar-refractivity contribution in [3.8, 4) is 5.69 Å². The van der Waals surface area contributed by atoms with Crippen molar-refractivity contribution in [2.75, 3.05) is 6.54 Å². The Morgan fingerprint density at radius 1 is 1.35 bits per heavy atom. The summed E-state index contributed by atoms with van der Waals surface area (Å²) < 4.78 is 4.11. The second-order valence-electron chi connectivity index (χ2n) is 3.65. The molecule has 0 amide bonds. The van der Waals surface area contributed by atoms with E-state index in [4.69, 9.17) is 0 Å². The van der Waals surface area contributed by atoms with Gasteiger partial charge in [-0.05, 0) is 40.7 Å². The van der Waals surface area contributed by atoms with Crippen LogP contribution in [0.15, 0.2) is 39.7 Å². The zero-order chi connectivity index (χ0) is 12.3. The lowest BCUT2D eigenvalue weighted by Gasteiger charge is -2.05. The number of hydrogen-bond donors (Lipinski definition) is 1. The zero-order valence-electron chi connectivity index (χ0n) is 9.45. The third-order valence-corrected chi connectivity index (χ3v) is 3.51. The summed E-state index contributed by atoms with van der Waals surface area (Å²) in [6.07, 6.45) is 3.87. The van der Waals surface area contributed by atoms with Gasteiger partial charge in [-0.2, -0.15) is 0 Å². The van der Waals surface area contributed by atoms with Gasteiger partial charge in [0.05, 0.1) is 17.7 Å². The first-order chi connectivity index (χ1) is 8.20. The minimum atomic E-state index is 0.803. The molecule has 0 aliphatic rings. The van der Waals surface area contributed by atoms with Crippen LogP contribution in [0.3, 0.4) is 0 Å². The van der Waals surface area contributed by atoms with Crippen LogP contribution in [0, 0.1) is 0 Å². The maximum atomic E-state index is 4.36. The summed E-state index contributed by atoms with van der Waals surface area (Å²) >= 11 is 6.99. The van der Waals surface area contributed by atoms with Gasteiger partial charge in [0, 0.05) is 21.7 Å². The summed E-state index contributed by atoms with van der Waals surface area (Å²) in [6, 6.07) is 6.09. The van der Waals surface area contributed by atoms with Crippen LogP contribution in [0.4, 0.5) is 0 Å². The molecule has 0 aliphatic carbocycles. The van der Waals surface area contributed by atoms with Crippen molar-refractivity contribution in [1.29, 1.82) is 0 Å². The molecular formula is C12H13Br2N3. The average Bonchev–Trinajstić information content (AvgIpc) is 2.75. The van der Waals surface area contributed by atoms with E-state index < -0.39 is 0 Å². The number of aromatic nitrogens is 2. The second-order valence-corrected chi connectivity index (χ2v) is 5.42. The largest absolute Gasteiger partial charge is 0.311 e. The minimum absolute atomic E-state index is 0.803. The van der Waals surface area contributed by atoms with Gasteiger partial charge < -0.3 is 9.88 Å². The topological polar surface area (TPSA) is 29.9 Å². The van der Waals surface area contributed by atoms with E-state index in [0.29, 0.717) is 0 Å². The summed E-state index contributed by atoms with van der Waals surface area (Å²) in [6.45, 7) is 3.84. The minimum Gasteiger partial charge on any atom is -0.311 e. The van der Waals surface area contributed by atoms with E-state index in [-0.39, 0.29) is 0 Å². The lowest BCUT2D eigenvalue weighted by atomic mass is 10.3. The molecule has 1 N–H and O–H groups in total. The van der Waals surface area contributed by atoms with Crippen LogP contribution in [-0.4, -0.2) is 16.1 Å². The molecule has 0 aliphatic heterocycles. The van der Waals surface area contributed by atoms with Gasteiger partial charge in [-0.15, -0.1) is 0 Å². The summed E-state index contributed by atoms with van der Waals surface area (Å²) in [5, 5.41) is 3.26. The van der Waals surface area contributed by atoms with E-state index in [1.807, 2.05) is 35.3 Å². The van der Waals surface area contributed by atoms with Gasteiger partial charge in [-0.3, -0.25) is 0 Å². The smallest absolute Gasteiger partial charge is 0.0996 e. The van der Waals surface area contributed by atoms with Crippen molar-refractivity contribution in [1.82, 2.24) is 14.9 Å². The number of nitrogens with one attached hydrogen (secondary N) is 1.